The number of ether oxygens (including phenoxy) is 1. The van der Waals surface area contributed by atoms with Gasteiger partial charge in [-0.2, -0.15) is 0 Å². The number of nitrogens with zero attached hydrogens (tertiary/aromatic N) is 1. The molecule has 0 bridgehead atoms. The van der Waals surface area contributed by atoms with Crippen molar-refractivity contribution in [3.8, 4) is 11.1 Å². The summed E-state index contributed by atoms with van der Waals surface area (Å²) in [6, 6.07) is 6.50. The Hall–Kier alpha value is -2.18. The molecule has 4 nitrogen and oxygen atoms in total. The van der Waals surface area contributed by atoms with E-state index < -0.39 is 23.8 Å². The molecule has 2 aromatic rings. The largest absolute Gasteiger partial charge is 0.465 e. The third kappa shape index (κ3) is 2.83. The van der Waals surface area contributed by atoms with E-state index in [1.807, 2.05) is 0 Å². The van der Waals surface area contributed by atoms with E-state index >= 15 is 0 Å². The number of carboxylic acid groups (broad SMARTS) is 1. The van der Waals surface area contributed by atoms with Crippen molar-refractivity contribution in [3.05, 3.63) is 58.1 Å². The molecule has 3 rings (SSSR count). The smallest absolute Gasteiger partial charge is 0.407 e. The lowest BCUT2D eigenvalue weighted by Crippen LogP contribution is -2.38. The SMILES string of the molecule is COC1CN(C(=O)O)Cc2c(-c3ccc(F)cc3F)ccc(Cl)c21. The summed E-state index contributed by atoms with van der Waals surface area (Å²) in [7, 11) is 1.46. The van der Waals surface area contributed by atoms with E-state index in [1.165, 1.54) is 18.1 Å². The molecule has 1 unspecified atom stereocenters. The van der Waals surface area contributed by atoms with Gasteiger partial charge in [0.2, 0.25) is 0 Å². The number of rotatable bonds is 2. The Morgan fingerprint density at radius 1 is 1.29 bits per heavy atom. The van der Waals surface area contributed by atoms with E-state index in [0.717, 1.165) is 12.1 Å². The van der Waals surface area contributed by atoms with E-state index in [2.05, 4.69) is 0 Å². The quantitative estimate of drug-likeness (QED) is 0.866. The maximum atomic E-state index is 14.2. The van der Waals surface area contributed by atoms with Gasteiger partial charge in [0.1, 0.15) is 17.7 Å². The zero-order valence-electron chi connectivity index (χ0n) is 12.7. The van der Waals surface area contributed by atoms with Crippen LogP contribution in [0.2, 0.25) is 5.02 Å². The number of fused-ring (bicyclic) bond motifs is 1. The minimum absolute atomic E-state index is 0.0528. The van der Waals surface area contributed by atoms with Crippen LogP contribution in [0.4, 0.5) is 13.6 Å². The fourth-order valence-electron chi connectivity index (χ4n) is 3.00. The number of methoxy groups -OCH3 is 1. The van der Waals surface area contributed by atoms with E-state index in [0.29, 0.717) is 21.7 Å². The molecular weight excluding hydrogens is 340 g/mol. The molecule has 7 heteroatoms. The Bertz CT molecular complexity index is 813. The molecule has 0 saturated carbocycles. The van der Waals surface area contributed by atoms with Gasteiger partial charge in [-0.05, 0) is 29.3 Å². The van der Waals surface area contributed by atoms with Crippen LogP contribution < -0.4 is 0 Å². The monoisotopic (exact) mass is 353 g/mol. The van der Waals surface area contributed by atoms with Gasteiger partial charge in [-0.3, -0.25) is 0 Å². The number of halogens is 3. The van der Waals surface area contributed by atoms with Gasteiger partial charge < -0.3 is 14.7 Å². The maximum absolute atomic E-state index is 14.2. The molecule has 2 aromatic carbocycles. The normalized spacial score (nSPS) is 16.8. The third-order valence-electron chi connectivity index (χ3n) is 4.14. The highest BCUT2D eigenvalue weighted by Gasteiger charge is 2.32. The number of amides is 1. The molecule has 0 saturated heterocycles. The van der Waals surface area contributed by atoms with E-state index in [9.17, 15) is 18.7 Å². The number of carbonyl (C=O) groups is 1. The van der Waals surface area contributed by atoms with Gasteiger partial charge in [-0.25, -0.2) is 13.6 Å². The van der Waals surface area contributed by atoms with Crippen LogP contribution in [-0.2, 0) is 11.3 Å². The molecule has 1 atom stereocenters. The Morgan fingerprint density at radius 3 is 2.62 bits per heavy atom. The lowest BCUT2D eigenvalue weighted by atomic mass is 9.89. The second-order valence-corrected chi connectivity index (χ2v) is 5.91. The fourth-order valence-corrected chi connectivity index (χ4v) is 3.30. The summed E-state index contributed by atoms with van der Waals surface area (Å²) in [5, 5.41) is 9.74. The van der Waals surface area contributed by atoms with Gasteiger partial charge in [-0.1, -0.05) is 17.7 Å². The molecule has 0 aliphatic carbocycles. The van der Waals surface area contributed by atoms with Crippen LogP contribution in [-0.4, -0.2) is 29.8 Å². The van der Waals surface area contributed by atoms with Crippen molar-refractivity contribution >= 4 is 17.7 Å². The van der Waals surface area contributed by atoms with Gasteiger partial charge in [0.15, 0.2) is 0 Å². The minimum Gasteiger partial charge on any atom is -0.465 e. The number of hydrogen-bond acceptors (Lipinski definition) is 2. The second kappa shape index (κ2) is 6.37. The predicted molar refractivity (Wildman–Crippen MR) is 85.0 cm³/mol. The van der Waals surface area contributed by atoms with Crippen LogP contribution in [0.5, 0.6) is 0 Å². The average Bonchev–Trinajstić information content (AvgIpc) is 2.55. The van der Waals surface area contributed by atoms with Gasteiger partial charge in [0.25, 0.3) is 0 Å². The zero-order chi connectivity index (χ0) is 17.4. The van der Waals surface area contributed by atoms with E-state index in [4.69, 9.17) is 16.3 Å². The van der Waals surface area contributed by atoms with E-state index in [1.54, 1.807) is 12.1 Å². The van der Waals surface area contributed by atoms with Crippen molar-refractivity contribution in [2.75, 3.05) is 13.7 Å². The van der Waals surface area contributed by atoms with Gasteiger partial charge in [-0.15, -0.1) is 0 Å². The molecule has 1 aliphatic heterocycles. The Labute approximate surface area is 142 Å². The molecule has 1 aliphatic rings. The molecule has 0 spiro atoms. The molecule has 0 aromatic heterocycles. The van der Waals surface area contributed by atoms with Crippen LogP contribution in [0, 0.1) is 11.6 Å². The average molecular weight is 354 g/mol. The van der Waals surface area contributed by atoms with Crippen molar-refractivity contribution < 1.29 is 23.4 Å². The maximum Gasteiger partial charge on any atom is 0.407 e. The fraction of sp³-hybridized carbons (Fsp3) is 0.235. The first-order chi connectivity index (χ1) is 11.4. The van der Waals surface area contributed by atoms with Crippen LogP contribution >= 0.6 is 11.6 Å². The molecule has 0 radical (unpaired) electrons. The van der Waals surface area contributed by atoms with Crippen molar-refractivity contribution in [1.82, 2.24) is 4.90 Å². The lowest BCUT2D eigenvalue weighted by Gasteiger charge is -2.34. The second-order valence-electron chi connectivity index (χ2n) is 5.50. The number of hydrogen-bond donors (Lipinski definition) is 1. The molecule has 24 heavy (non-hydrogen) atoms. The Morgan fingerprint density at radius 2 is 2.00 bits per heavy atom. The summed E-state index contributed by atoms with van der Waals surface area (Å²) in [5.41, 5.74) is 1.86. The Balaban J connectivity index is 2.21. The topological polar surface area (TPSA) is 49.8 Å². The molecule has 126 valence electrons. The molecule has 1 amide bonds. The molecule has 0 fully saturated rings. The molecule has 1 heterocycles. The highest BCUT2D eigenvalue weighted by Crippen LogP contribution is 2.40. The summed E-state index contributed by atoms with van der Waals surface area (Å²) >= 11 is 6.27. The zero-order valence-corrected chi connectivity index (χ0v) is 13.5. The van der Waals surface area contributed by atoms with Gasteiger partial charge in [0, 0.05) is 29.3 Å². The van der Waals surface area contributed by atoms with Crippen molar-refractivity contribution in [1.29, 1.82) is 0 Å². The van der Waals surface area contributed by atoms with Gasteiger partial charge >= 0.3 is 6.09 Å². The van der Waals surface area contributed by atoms with Crippen molar-refractivity contribution in [3.63, 3.8) is 0 Å². The van der Waals surface area contributed by atoms with Crippen molar-refractivity contribution in [2.45, 2.75) is 12.6 Å². The lowest BCUT2D eigenvalue weighted by molar-refractivity contribution is 0.0481. The molecular formula is C17H14ClF2NO3. The predicted octanol–water partition coefficient (Wildman–Crippen LogP) is 4.47. The summed E-state index contributed by atoms with van der Waals surface area (Å²) in [5.74, 6) is -1.40. The van der Waals surface area contributed by atoms with Crippen LogP contribution in [0.15, 0.2) is 30.3 Å². The third-order valence-corrected chi connectivity index (χ3v) is 4.47. The summed E-state index contributed by atoms with van der Waals surface area (Å²) in [6.07, 6.45) is -1.66. The Kier molecular flexibility index (Phi) is 4.43. The highest BCUT2D eigenvalue weighted by molar-refractivity contribution is 6.31. The minimum atomic E-state index is -1.10. The number of benzene rings is 2. The summed E-state index contributed by atoms with van der Waals surface area (Å²) in [6.45, 7) is 0.186. The van der Waals surface area contributed by atoms with Crippen molar-refractivity contribution in [2.24, 2.45) is 0 Å². The highest BCUT2D eigenvalue weighted by atomic mass is 35.5. The van der Waals surface area contributed by atoms with Crippen LogP contribution in [0.3, 0.4) is 0 Å². The first-order valence-corrected chi connectivity index (χ1v) is 7.57. The van der Waals surface area contributed by atoms with Crippen LogP contribution in [0.25, 0.3) is 11.1 Å². The van der Waals surface area contributed by atoms with Crippen LogP contribution in [0.1, 0.15) is 17.2 Å². The first-order valence-electron chi connectivity index (χ1n) is 7.19. The van der Waals surface area contributed by atoms with Gasteiger partial charge in [0.05, 0.1) is 13.1 Å². The summed E-state index contributed by atoms with van der Waals surface area (Å²) < 4.78 is 32.8. The standard InChI is InChI=1S/C17H14ClF2NO3/c1-24-15-8-21(17(22)23)7-12-10(4-5-13(18)16(12)15)11-3-2-9(19)6-14(11)20/h2-6,15H,7-8H2,1H3,(H,22,23). The van der Waals surface area contributed by atoms with E-state index in [-0.39, 0.29) is 18.7 Å². The first kappa shape index (κ1) is 16.7. The molecule has 1 N–H and O–H groups in total. The summed E-state index contributed by atoms with van der Waals surface area (Å²) in [4.78, 5) is 12.6.